The Morgan fingerprint density at radius 1 is 1.47 bits per heavy atom. The highest BCUT2D eigenvalue weighted by Crippen LogP contribution is 2.25. The highest BCUT2D eigenvalue weighted by atomic mass is 32.1. The summed E-state index contributed by atoms with van der Waals surface area (Å²) in [6.45, 7) is 7.51. The van der Waals surface area contributed by atoms with Crippen molar-refractivity contribution in [3.05, 3.63) is 22.4 Å². The molecule has 2 heterocycles. The Kier molecular flexibility index (Phi) is 4.98. The first kappa shape index (κ1) is 13.0. The number of thiophene rings is 1. The van der Waals surface area contributed by atoms with Gasteiger partial charge in [-0.3, -0.25) is 0 Å². The Balaban J connectivity index is 1.85. The fourth-order valence-electron chi connectivity index (χ4n) is 2.05. The number of hydrogen-bond acceptors (Lipinski definition) is 4. The van der Waals surface area contributed by atoms with Crippen LogP contribution in [0.15, 0.2) is 17.5 Å². The Morgan fingerprint density at radius 3 is 2.94 bits per heavy atom. The van der Waals surface area contributed by atoms with Gasteiger partial charge < -0.3 is 14.8 Å². The Labute approximate surface area is 107 Å². The van der Waals surface area contributed by atoms with E-state index in [2.05, 4.69) is 36.7 Å². The predicted octanol–water partition coefficient (Wildman–Crippen LogP) is 2.45. The first-order valence-electron chi connectivity index (χ1n) is 6.23. The van der Waals surface area contributed by atoms with E-state index >= 15 is 0 Å². The molecule has 17 heavy (non-hydrogen) atoms. The van der Waals surface area contributed by atoms with E-state index in [1.807, 2.05) is 11.3 Å². The molecule has 2 unspecified atom stereocenters. The molecule has 0 spiro atoms. The Hall–Kier alpha value is -0.420. The second-order valence-electron chi connectivity index (χ2n) is 4.71. The van der Waals surface area contributed by atoms with Crippen molar-refractivity contribution in [2.24, 2.45) is 5.92 Å². The maximum absolute atomic E-state index is 5.64. The van der Waals surface area contributed by atoms with Crippen LogP contribution in [0.25, 0.3) is 0 Å². The molecule has 1 saturated heterocycles. The van der Waals surface area contributed by atoms with Gasteiger partial charge in [-0.2, -0.15) is 0 Å². The molecule has 0 aliphatic carbocycles. The van der Waals surface area contributed by atoms with E-state index < -0.39 is 0 Å². The molecule has 2 atom stereocenters. The zero-order valence-corrected chi connectivity index (χ0v) is 11.3. The van der Waals surface area contributed by atoms with E-state index in [1.54, 1.807) is 0 Å². The summed E-state index contributed by atoms with van der Waals surface area (Å²) in [5.41, 5.74) is 0. The van der Waals surface area contributed by atoms with Gasteiger partial charge in [0.1, 0.15) is 0 Å². The van der Waals surface area contributed by atoms with Crippen LogP contribution in [0.2, 0.25) is 0 Å². The van der Waals surface area contributed by atoms with Crippen LogP contribution >= 0.6 is 11.3 Å². The molecule has 0 amide bonds. The molecule has 1 N–H and O–H groups in total. The first-order chi connectivity index (χ1) is 8.27. The van der Waals surface area contributed by atoms with Gasteiger partial charge in [0.2, 0.25) is 0 Å². The average molecular weight is 255 g/mol. The number of hydrogen-bond donors (Lipinski definition) is 1. The fraction of sp³-hybridized carbons (Fsp3) is 0.692. The molecule has 1 fully saturated rings. The van der Waals surface area contributed by atoms with E-state index in [0.29, 0.717) is 18.6 Å². The van der Waals surface area contributed by atoms with Crippen molar-refractivity contribution < 1.29 is 9.47 Å². The highest BCUT2D eigenvalue weighted by Gasteiger charge is 2.20. The second kappa shape index (κ2) is 6.50. The lowest BCUT2D eigenvalue weighted by Gasteiger charge is -2.27. The maximum atomic E-state index is 5.64. The largest absolute Gasteiger partial charge is 0.376 e. The smallest absolute Gasteiger partial charge is 0.0933 e. The quantitative estimate of drug-likeness (QED) is 0.876. The molecule has 0 bridgehead atoms. The number of rotatable bonds is 5. The molecular weight excluding hydrogens is 234 g/mol. The zero-order chi connectivity index (χ0) is 12.1. The summed E-state index contributed by atoms with van der Waals surface area (Å²) < 4.78 is 11.0. The van der Waals surface area contributed by atoms with Crippen molar-refractivity contribution in [1.82, 2.24) is 5.32 Å². The molecular formula is C13H21NO2S. The highest BCUT2D eigenvalue weighted by molar-refractivity contribution is 7.10. The van der Waals surface area contributed by atoms with Crippen molar-refractivity contribution in [1.29, 1.82) is 0 Å². The third-order valence-corrected chi connectivity index (χ3v) is 3.92. The van der Waals surface area contributed by atoms with Gasteiger partial charge in [-0.15, -0.1) is 11.3 Å². The molecule has 1 aliphatic rings. The van der Waals surface area contributed by atoms with Crippen molar-refractivity contribution in [3.63, 3.8) is 0 Å². The van der Waals surface area contributed by atoms with Gasteiger partial charge in [-0.25, -0.2) is 0 Å². The molecule has 0 aromatic carbocycles. The van der Waals surface area contributed by atoms with Crippen molar-refractivity contribution in [2.75, 3.05) is 26.4 Å². The summed E-state index contributed by atoms with van der Waals surface area (Å²) in [5.74, 6) is 0.582. The van der Waals surface area contributed by atoms with Gasteiger partial charge in [0.25, 0.3) is 0 Å². The van der Waals surface area contributed by atoms with E-state index in [-0.39, 0.29) is 6.10 Å². The van der Waals surface area contributed by atoms with Gasteiger partial charge >= 0.3 is 0 Å². The minimum atomic E-state index is 0.199. The zero-order valence-electron chi connectivity index (χ0n) is 10.5. The Bertz CT molecular complexity index is 307. The van der Waals surface area contributed by atoms with Crippen LogP contribution in [0.5, 0.6) is 0 Å². The predicted molar refractivity (Wildman–Crippen MR) is 70.5 cm³/mol. The average Bonchev–Trinajstić information content (AvgIpc) is 2.84. The third-order valence-electron chi connectivity index (χ3n) is 2.97. The van der Waals surface area contributed by atoms with Crippen LogP contribution in [0, 0.1) is 5.92 Å². The van der Waals surface area contributed by atoms with Crippen LogP contribution in [0.4, 0.5) is 0 Å². The lowest BCUT2D eigenvalue weighted by atomic mass is 10.0. The van der Waals surface area contributed by atoms with Crippen LogP contribution in [0.1, 0.15) is 24.8 Å². The van der Waals surface area contributed by atoms with Crippen LogP contribution in [0.3, 0.4) is 0 Å². The normalized spacial score (nSPS) is 22.9. The maximum Gasteiger partial charge on any atom is 0.0933 e. The van der Waals surface area contributed by atoms with E-state index in [1.165, 1.54) is 4.88 Å². The Morgan fingerprint density at radius 2 is 2.35 bits per heavy atom. The monoisotopic (exact) mass is 255 g/mol. The lowest BCUT2D eigenvalue weighted by molar-refractivity contribution is -0.0874. The van der Waals surface area contributed by atoms with E-state index in [9.17, 15) is 0 Å². The molecule has 1 aromatic heterocycles. The summed E-state index contributed by atoms with van der Waals surface area (Å²) in [6.07, 6.45) is 0.199. The van der Waals surface area contributed by atoms with Gasteiger partial charge in [0.15, 0.2) is 0 Å². The minimum absolute atomic E-state index is 0.199. The van der Waals surface area contributed by atoms with Gasteiger partial charge in [-0.05, 0) is 17.4 Å². The molecule has 96 valence electrons. The number of nitrogens with one attached hydrogen (secondary N) is 1. The molecule has 4 heteroatoms. The minimum Gasteiger partial charge on any atom is -0.376 e. The van der Waals surface area contributed by atoms with Crippen molar-refractivity contribution >= 4 is 11.3 Å². The summed E-state index contributed by atoms with van der Waals surface area (Å²) in [5, 5.41) is 5.73. The van der Waals surface area contributed by atoms with Gasteiger partial charge in [0, 0.05) is 17.5 Å². The molecule has 3 nitrogen and oxygen atoms in total. The van der Waals surface area contributed by atoms with E-state index in [4.69, 9.17) is 9.47 Å². The van der Waals surface area contributed by atoms with Gasteiger partial charge in [0.05, 0.1) is 25.9 Å². The molecule has 0 saturated carbocycles. The second-order valence-corrected chi connectivity index (χ2v) is 5.69. The third kappa shape index (κ3) is 3.78. The molecule has 0 radical (unpaired) electrons. The topological polar surface area (TPSA) is 30.5 Å². The SMILES string of the molecule is CC(C)C(NCC1COCCO1)c1cccs1. The standard InChI is InChI=1S/C13H21NO2S/c1-10(2)13(12-4-3-7-17-12)14-8-11-9-15-5-6-16-11/h3-4,7,10-11,13-14H,5-6,8-9H2,1-2H3. The van der Waals surface area contributed by atoms with Crippen molar-refractivity contribution in [2.45, 2.75) is 26.0 Å². The lowest BCUT2D eigenvalue weighted by Crippen LogP contribution is -2.39. The number of ether oxygens (including phenoxy) is 2. The molecule has 2 rings (SSSR count). The van der Waals surface area contributed by atoms with Crippen LogP contribution in [-0.4, -0.2) is 32.5 Å². The van der Waals surface area contributed by atoms with Gasteiger partial charge in [-0.1, -0.05) is 19.9 Å². The fourth-order valence-corrected chi connectivity index (χ4v) is 3.02. The van der Waals surface area contributed by atoms with E-state index in [0.717, 1.165) is 19.8 Å². The van der Waals surface area contributed by atoms with Crippen molar-refractivity contribution in [3.8, 4) is 0 Å². The van der Waals surface area contributed by atoms with Crippen LogP contribution in [-0.2, 0) is 9.47 Å². The summed E-state index contributed by atoms with van der Waals surface area (Å²) in [6, 6.07) is 4.72. The molecule has 1 aliphatic heterocycles. The molecule has 1 aromatic rings. The summed E-state index contributed by atoms with van der Waals surface area (Å²) in [7, 11) is 0. The summed E-state index contributed by atoms with van der Waals surface area (Å²) in [4.78, 5) is 1.40. The first-order valence-corrected chi connectivity index (χ1v) is 7.11. The summed E-state index contributed by atoms with van der Waals surface area (Å²) >= 11 is 1.81. The van der Waals surface area contributed by atoms with Crippen LogP contribution < -0.4 is 5.32 Å².